The van der Waals surface area contributed by atoms with Crippen LogP contribution >= 0.6 is 0 Å². The van der Waals surface area contributed by atoms with Crippen LogP contribution in [0.5, 0.6) is 5.75 Å². The summed E-state index contributed by atoms with van der Waals surface area (Å²) < 4.78 is 11.9. The van der Waals surface area contributed by atoms with Crippen LogP contribution in [0.4, 0.5) is 5.69 Å². The lowest BCUT2D eigenvalue weighted by Crippen LogP contribution is -2.28. The van der Waals surface area contributed by atoms with E-state index in [1.54, 1.807) is 0 Å². The molecule has 2 heterocycles. The number of anilines is 1. The molecule has 51 heavy (non-hydrogen) atoms. The molecule has 1 N–H and O–H groups in total. The van der Waals surface area contributed by atoms with Crippen LogP contribution in [0.2, 0.25) is 0 Å². The van der Waals surface area contributed by atoms with Crippen LogP contribution in [-0.2, 0) is 5.41 Å². The first-order valence-corrected chi connectivity index (χ1v) is 18.1. The zero-order valence-corrected chi connectivity index (χ0v) is 29.6. The summed E-state index contributed by atoms with van der Waals surface area (Å²) in [6.07, 6.45) is 3.66. The smallest absolute Gasteiger partial charge is 0.196 e. The summed E-state index contributed by atoms with van der Waals surface area (Å²) >= 11 is 0. The van der Waals surface area contributed by atoms with E-state index in [1.165, 1.54) is 68.8 Å². The number of hydrogen-bond acceptors (Lipinski definition) is 4. The van der Waals surface area contributed by atoms with Crippen molar-refractivity contribution in [1.82, 2.24) is 4.98 Å². The van der Waals surface area contributed by atoms with E-state index in [0.717, 1.165) is 33.5 Å². The van der Waals surface area contributed by atoms with Gasteiger partial charge >= 0.3 is 0 Å². The van der Waals surface area contributed by atoms with Gasteiger partial charge in [-0.3, -0.25) is 0 Å². The van der Waals surface area contributed by atoms with E-state index in [1.807, 2.05) is 12.1 Å². The molecule has 10 rings (SSSR count). The summed E-state index contributed by atoms with van der Waals surface area (Å²) in [6.45, 7) is 8.50. The van der Waals surface area contributed by atoms with Gasteiger partial charge in [0, 0.05) is 5.56 Å². The SMILES string of the molecule is CCC.CCC.c1ccc2c(c1)-c1ccccc1C2(c1ccc2ccccc2c1)c1ccc2cc(C3Nc4ccc5ocnc5c4O3)ccc2c1. The van der Waals surface area contributed by atoms with Crippen molar-refractivity contribution in [3.63, 3.8) is 0 Å². The van der Waals surface area contributed by atoms with Crippen LogP contribution in [0.15, 0.2) is 150 Å². The number of nitrogens with one attached hydrogen (secondary N) is 1. The fourth-order valence-corrected chi connectivity index (χ4v) is 7.69. The maximum Gasteiger partial charge on any atom is 0.196 e. The number of benzene rings is 7. The van der Waals surface area contributed by atoms with E-state index in [0.29, 0.717) is 0 Å². The second-order valence-corrected chi connectivity index (χ2v) is 13.4. The number of aromatic nitrogens is 1. The zero-order valence-electron chi connectivity index (χ0n) is 29.6. The Morgan fingerprint density at radius 1 is 0.588 bits per heavy atom. The van der Waals surface area contributed by atoms with Crippen molar-refractivity contribution in [2.24, 2.45) is 0 Å². The van der Waals surface area contributed by atoms with E-state index in [-0.39, 0.29) is 6.23 Å². The molecular weight excluding hydrogens is 625 g/mol. The molecule has 4 heteroatoms. The van der Waals surface area contributed by atoms with E-state index in [9.17, 15) is 0 Å². The molecule has 0 fully saturated rings. The van der Waals surface area contributed by atoms with E-state index < -0.39 is 5.41 Å². The van der Waals surface area contributed by atoms with Gasteiger partial charge in [-0.05, 0) is 85.3 Å². The largest absolute Gasteiger partial charge is 0.462 e. The molecule has 0 radical (unpaired) electrons. The van der Waals surface area contributed by atoms with Crippen molar-refractivity contribution in [1.29, 1.82) is 0 Å². The second kappa shape index (κ2) is 13.4. The molecule has 252 valence electrons. The van der Waals surface area contributed by atoms with Crippen LogP contribution in [0.25, 0.3) is 43.8 Å². The summed E-state index contributed by atoms with van der Waals surface area (Å²) in [5.41, 5.74) is 10.7. The van der Waals surface area contributed by atoms with Gasteiger partial charge in [-0.25, -0.2) is 4.98 Å². The minimum atomic E-state index is -0.454. The van der Waals surface area contributed by atoms with Crippen LogP contribution in [-0.4, -0.2) is 4.98 Å². The summed E-state index contributed by atoms with van der Waals surface area (Å²) in [5, 5.41) is 8.36. The third-order valence-electron chi connectivity index (χ3n) is 9.71. The van der Waals surface area contributed by atoms with Crippen molar-refractivity contribution in [3.8, 4) is 16.9 Å². The highest BCUT2D eigenvalue weighted by molar-refractivity contribution is 5.92. The first-order chi connectivity index (χ1) is 25.1. The summed E-state index contributed by atoms with van der Waals surface area (Å²) in [6, 6.07) is 50.9. The van der Waals surface area contributed by atoms with Crippen molar-refractivity contribution in [2.75, 3.05) is 5.32 Å². The predicted molar refractivity (Wildman–Crippen MR) is 212 cm³/mol. The molecule has 0 saturated heterocycles. The maximum absolute atomic E-state index is 6.37. The van der Waals surface area contributed by atoms with E-state index in [2.05, 4.69) is 165 Å². The minimum Gasteiger partial charge on any atom is -0.462 e. The molecule has 8 aromatic rings. The van der Waals surface area contributed by atoms with Gasteiger partial charge in [0.1, 0.15) is 0 Å². The fraction of sp³-hybridized carbons (Fsp3) is 0.170. The topological polar surface area (TPSA) is 47.3 Å². The summed E-state index contributed by atoms with van der Waals surface area (Å²) in [4.78, 5) is 4.36. The molecule has 1 unspecified atom stereocenters. The average Bonchev–Trinajstić information content (AvgIpc) is 3.90. The summed E-state index contributed by atoms with van der Waals surface area (Å²) in [7, 11) is 0. The highest BCUT2D eigenvalue weighted by Gasteiger charge is 2.46. The highest BCUT2D eigenvalue weighted by atomic mass is 16.5. The predicted octanol–water partition coefficient (Wildman–Crippen LogP) is 12.8. The number of fused-ring (bicyclic) bond motifs is 8. The number of rotatable bonds is 3. The Hall–Kier alpha value is -5.87. The van der Waals surface area contributed by atoms with Gasteiger partial charge in [-0.1, -0.05) is 150 Å². The molecule has 2 aliphatic rings. The lowest BCUT2D eigenvalue weighted by atomic mass is 9.67. The van der Waals surface area contributed by atoms with E-state index in [4.69, 9.17) is 9.15 Å². The Morgan fingerprint density at radius 3 is 1.82 bits per heavy atom. The van der Waals surface area contributed by atoms with Gasteiger partial charge in [0.2, 0.25) is 0 Å². The molecule has 0 bridgehead atoms. The van der Waals surface area contributed by atoms with Gasteiger partial charge in [0.25, 0.3) is 0 Å². The third kappa shape index (κ3) is 5.34. The normalized spacial score (nSPS) is 14.7. The third-order valence-corrected chi connectivity index (χ3v) is 9.71. The zero-order chi connectivity index (χ0) is 35.0. The number of ether oxygens (including phenoxy) is 1. The fourth-order valence-electron chi connectivity index (χ4n) is 7.69. The van der Waals surface area contributed by atoms with Gasteiger partial charge < -0.3 is 14.5 Å². The number of hydrogen-bond donors (Lipinski definition) is 1. The Balaban J connectivity index is 0.000000585. The molecule has 4 nitrogen and oxygen atoms in total. The molecular formula is C47H42N2O2. The lowest BCUT2D eigenvalue weighted by molar-refractivity contribution is 0.262. The van der Waals surface area contributed by atoms with Crippen LogP contribution in [0, 0.1) is 0 Å². The Bertz CT molecular complexity index is 2460. The molecule has 1 aliphatic carbocycles. The van der Waals surface area contributed by atoms with Crippen molar-refractivity contribution in [2.45, 2.75) is 52.2 Å². The van der Waals surface area contributed by atoms with Gasteiger partial charge in [-0.2, -0.15) is 0 Å². The average molecular weight is 667 g/mol. The van der Waals surface area contributed by atoms with Crippen molar-refractivity contribution in [3.05, 3.63) is 174 Å². The van der Waals surface area contributed by atoms with Crippen LogP contribution in [0.3, 0.4) is 0 Å². The van der Waals surface area contributed by atoms with E-state index >= 15 is 0 Å². The van der Waals surface area contributed by atoms with Gasteiger partial charge in [0.15, 0.2) is 29.5 Å². The molecule has 1 atom stereocenters. The van der Waals surface area contributed by atoms with Crippen LogP contribution in [0.1, 0.15) is 74.6 Å². The first kappa shape index (κ1) is 32.3. The standard InChI is InChI=1S/C41H26N2O2.2C3H8/c1-2-8-26-22-30(17-15-25(26)7-1)41(34-11-5-3-9-32(34)33-10-4-6-12-35(33)41)31-18-16-27-21-29(14-13-28(27)23-31)40-43-36-19-20-37-38(39(36)45-40)42-24-44-37;2*1-3-2/h1-24,40,43H;2*3H2,1-2H3. The second-order valence-electron chi connectivity index (χ2n) is 13.4. The van der Waals surface area contributed by atoms with Crippen molar-refractivity contribution >= 4 is 38.3 Å². The minimum absolute atomic E-state index is 0.302. The molecule has 0 saturated carbocycles. The van der Waals surface area contributed by atoms with Gasteiger partial charge in [0.05, 0.1) is 11.1 Å². The first-order valence-electron chi connectivity index (χ1n) is 18.1. The lowest BCUT2D eigenvalue weighted by Gasteiger charge is -2.34. The molecule has 1 aliphatic heterocycles. The Morgan fingerprint density at radius 2 is 1.14 bits per heavy atom. The maximum atomic E-state index is 6.37. The molecule has 7 aromatic carbocycles. The highest BCUT2D eigenvalue weighted by Crippen LogP contribution is 2.56. The van der Waals surface area contributed by atoms with Gasteiger partial charge in [-0.15, -0.1) is 0 Å². The monoisotopic (exact) mass is 666 g/mol. The molecule has 0 spiro atoms. The summed E-state index contributed by atoms with van der Waals surface area (Å²) in [5.74, 6) is 0.734. The molecule has 0 amide bonds. The molecule has 1 aromatic heterocycles. The number of nitrogens with zero attached hydrogens (tertiary/aromatic N) is 1. The van der Waals surface area contributed by atoms with Crippen molar-refractivity contribution < 1.29 is 9.15 Å². The number of oxazole rings is 1. The Labute approximate surface area is 299 Å². The van der Waals surface area contributed by atoms with Crippen LogP contribution < -0.4 is 10.1 Å². The quantitative estimate of drug-likeness (QED) is 0.204. The Kier molecular flexibility index (Phi) is 8.53.